The van der Waals surface area contributed by atoms with Crippen molar-refractivity contribution in [2.24, 2.45) is 5.73 Å². The SMILES string of the molecule is COc1cccc(Cl)c1C1OCCC1N. The maximum absolute atomic E-state index is 6.14. The molecule has 15 heavy (non-hydrogen) atoms. The molecule has 0 aromatic heterocycles. The highest BCUT2D eigenvalue weighted by atomic mass is 35.5. The number of hydrogen-bond acceptors (Lipinski definition) is 3. The van der Waals surface area contributed by atoms with Crippen LogP contribution in [0.5, 0.6) is 5.75 Å². The maximum atomic E-state index is 6.14. The van der Waals surface area contributed by atoms with E-state index in [1.807, 2.05) is 18.2 Å². The van der Waals surface area contributed by atoms with Crippen LogP contribution in [0.1, 0.15) is 18.1 Å². The summed E-state index contributed by atoms with van der Waals surface area (Å²) in [4.78, 5) is 0. The third-order valence-corrected chi connectivity index (χ3v) is 2.98. The van der Waals surface area contributed by atoms with Gasteiger partial charge in [-0.3, -0.25) is 0 Å². The van der Waals surface area contributed by atoms with Gasteiger partial charge in [0.1, 0.15) is 11.9 Å². The number of rotatable bonds is 2. The van der Waals surface area contributed by atoms with Crippen LogP contribution >= 0.6 is 11.6 Å². The van der Waals surface area contributed by atoms with Crippen molar-refractivity contribution < 1.29 is 9.47 Å². The molecule has 1 saturated heterocycles. The fourth-order valence-corrected chi connectivity index (χ4v) is 2.15. The van der Waals surface area contributed by atoms with Crippen molar-refractivity contribution in [3.05, 3.63) is 28.8 Å². The molecule has 1 aromatic rings. The lowest BCUT2D eigenvalue weighted by Crippen LogP contribution is -2.24. The molecule has 3 nitrogen and oxygen atoms in total. The van der Waals surface area contributed by atoms with Crippen LogP contribution in [-0.4, -0.2) is 19.8 Å². The molecule has 0 spiro atoms. The Morgan fingerprint density at radius 2 is 2.33 bits per heavy atom. The van der Waals surface area contributed by atoms with Gasteiger partial charge in [0.2, 0.25) is 0 Å². The van der Waals surface area contributed by atoms with Gasteiger partial charge in [0, 0.05) is 18.2 Å². The Morgan fingerprint density at radius 3 is 2.93 bits per heavy atom. The Bertz CT molecular complexity index is 356. The highest BCUT2D eigenvalue weighted by Crippen LogP contribution is 2.38. The molecule has 2 N–H and O–H groups in total. The van der Waals surface area contributed by atoms with Gasteiger partial charge in [-0.1, -0.05) is 17.7 Å². The third-order valence-electron chi connectivity index (χ3n) is 2.65. The first-order chi connectivity index (χ1) is 7.24. The summed E-state index contributed by atoms with van der Waals surface area (Å²) in [5.74, 6) is 0.741. The highest BCUT2D eigenvalue weighted by molar-refractivity contribution is 6.31. The average molecular weight is 228 g/mol. The van der Waals surface area contributed by atoms with Crippen LogP contribution in [0.4, 0.5) is 0 Å². The van der Waals surface area contributed by atoms with Gasteiger partial charge < -0.3 is 15.2 Å². The van der Waals surface area contributed by atoms with Crippen LogP contribution in [0.3, 0.4) is 0 Å². The van der Waals surface area contributed by atoms with Crippen LogP contribution in [0.2, 0.25) is 5.02 Å². The zero-order valence-electron chi connectivity index (χ0n) is 8.57. The quantitative estimate of drug-likeness (QED) is 0.842. The van der Waals surface area contributed by atoms with E-state index in [1.54, 1.807) is 7.11 Å². The molecular weight excluding hydrogens is 214 g/mol. The molecule has 0 radical (unpaired) electrons. The lowest BCUT2D eigenvalue weighted by molar-refractivity contribution is 0.103. The van der Waals surface area contributed by atoms with Crippen molar-refractivity contribution in [2.75, 3.05) is 13.7 Å². The van der Waals surface area contributed by atoms with E-state index in [-0.39, 0.29) is 12.1 Å². The van der Waals surface area contributed by atoms with E-state index in [0.717, 1.165) is 17.7 Å². The van der Waals surface area contributed by atoms with Crippen LogP contribution in [-0.2, 0) is 4.74 Å². The van der Waals surface area contributed by atoms with E-state index in [2.05, 4.69) is 0 Å². The standard InChI is InChI=1S/C11H14ClNO2/c1-14-9-4-2-3-7(12)10(9)11-8(13)5-6-15-11/h2-4,8,11H,5-6,13H2,1H3. The molecule has 4 heteroatoms. The first-order valence-corrected chi connectivity index (χ1v) is 5.31. The molecule has 1 heterocycles. The smallest absolute Gasteiger partial charge is 0.126 e. The van der Waals surface area contributed by atoms with Gasteiger partial charge >= 0.3 is 0 Å². The van der Waals surface area contributed by atoms with Gasteiger partial charge in [0.05, 0.1) is 12.1 Å². The molecule has 0 bridgehead atoms. The Hall–Kier alpha value is -0.770. The van der Waals surface area contributed by atoms with Crippen LogP contribution in [0, 0.1) is 0 Å². The van der Waals surface area contributed by atoms with Gasteiger partial charge in [-0.05, 0) is 18.6 Å². The fraction of sp³-hybridized carbons (Fsp3) is 0.455. The minimum absolute atomic E-state index is 0.00111. The average Bonchev–Trinajstić information content (AvgIpc) is 2.64. The van der Waals surface area contributed by atoms with Gasteiger partial charge in [-0.15, -0.1) is 0 Å². The molecule has 82 valence electrons. The molecule has 0 aliphatic carbocycles. The molecule has 0 saturated carbocycles. The van der Waals surface area contributed by atoms with E-state index >= 15 is 0 Å². The molecule has 2 unspecified atom stereocenters. The van der Waals surface area contributed by atoms with Crippen molar-refractivity contribution in [3.63, 3.8) is 0 Å². The molecule has 1 fully saturated rings. The summed E-state index contributed by atoms with van der Waals surface area (Å²) in [5, 5.41) is 0.650. The van der Waals surface area contributed by atoms with Gasteiger partial charge in [-0.2, -0.15) is 0 Å². The highest BCUT2D eigenvalue weighted by Gasteiger charge is 2.30. The molecule has 2 atom stereocenters. The number of halogens is 1. The molecule has 1 aromatic carbocycles. The second-order valence-corrected chi connectivity index (χ2v) is 4.01. The summed E-state index contributed by atoms with van der Waals surface area (Å²) < 4.78 is 10.9. The summed E-state index contributed by atoms with van der Waals surface area (Å²) in [5.41, 5.74) is 6.83. The number of ether oxygens (including phenoxy) is 2. The summed E-state index contributed by atoms with van der Waals surface area (Å²) in [6, 6.07) is 5.55. The fourth-order valence-electron chi connectivity index (χ4n) is 1.87. The monoisotopic (exact) mass is 227 g/mol. The van der Waals surface area contributed by atoms with Crippen LogP contribution in [0.25, 0.3) is 0 Å². The zero-order chi connectivity index (χ0) is 10.8. The van der Waals surface area contributed by atoms with Crippen molar-refractivity contribution >= 4 is 11.6 Å². The van der Waals surface area contributed by atoms with Crippen molar-refractivity contribution in [1.82, 2.24) is 0 Å². The van der Waals surface area contributed by atoms with Gasteiger partial charge in [0.25, 0.3) is 0 Å². The lowest BCUT2D eigenvalue weighted by Gasteiger charge is -2.19. The van der Waals surface area contributed by atoms with E-state index in [9.17, 15) is 0 Å². The predicted octanol–water partition coefficient (Wildman–Crippen LogP) is 2.14. The Kier molecular flexibility index (Phi) is 3.14. The Morgan fingerprint density at radius 1 is 1.53 bits per heavy atom. The molecule has 1 aliphatic heterocycles. The van der Waals surface area contributed by atoms with E-state index in [1.165, 1.54) is 0 Å². The van der Waals surface area contributed by atoms with Crippen molar-refractivity contribution in [2.45, 2.75) is 18.6 Å². The first-order valence-electron chi connectivity index (χ1n) is 4.93. The third kappa shape index (κ3) is 1.95. The topological polar surface area (TPSA) is 44.5 Å². The second-order valence-electron chi connectivity index (χ2n) is 3.60. The van der Waals surface area contributed by atoms with E-state index < -0.39 is 0 Å². The maximum Gasteiger partial charge on any atom is 0.126 e. The largest absolute Gasteiger partial charge is 0.496 e. The van der Waals surface area contributed by atoms with E-state index in [4.69, 9.17) is 26.8 Å². The number of hydrogen-bond donors (Lipinski definition) is 1. The summed E-state index contributed by atoms with van der Waals surface area (Å²) in [6.45, 7) is 0.681. The van der Waals surface area contributed by atoms with Crippen LogP contribution < -0.4 is 10.5 Å². The van der Waals surface area contributed by atoms with Gasteiger partial charge in [0.15, 0.2) is 0 Å². The Balaban J connectivity index is 2.41. The zero-order valence-corrected chi connectivity index (χ0v) is 9.33. The number of nitrogens with two attached hydrogens (primary N) is 1. The normalized spacial score (nSPS) is 25.5. The molecule has 0 amide bonds. The second kappa shape index (κ2) is 4.39. The Labute approximate surface area is 94.1 Å². The lowest BCUT2D eigenvalue weighted by atomic mass is 10.0. The first kappa shape index (κ1) is 10.7. The molecule has 2 rings (SSSR count). The minimum Gasteiger partial charge on any atom is -0.496 e. The minimum atomic E-state index is -0.145. The van der Waals surface area contributed by atoms with Crippen LogP contribution in [0.15, 0.2) is 18.2 Å². The summed E-state index contributed by atoms with van der Waals surface area (Å²) >= 11 is 6.14. The molecular formula is C11H14ClNO2. The van der Waals surface area contributed by atoms with E-state index in [0.29, 0.717) is 11.6 Å². The van der Waals surface area contributed by atoms with Crippen molar-refractivity contribution in [3.8, 4) is 5.75 Å². The number of benzene rings is 1. The predicted molar refractivity (Wildman–Crippen MR) is 59.3 cm³/mol. The summed E-state index contributed by atoms with van der Waals surface area (Å²) in [6.07, 6.45) is 0.715. The number of methoxy groups -OCH3 is 1. The van der Waals surface area contributed by atoms with Gasteiger partial charge in [-0.25, -0.2) is 0 Å². The van der Waals surface area contributed by atoms with Crippen molar-refractivity contribution in [1.29, 1.82) is 0 Å². The molecule has 1 aliphatic rings. The summed E-state index contributed by atoms with van der Waals surface area (Å²) in [7, 11) is 1.62.